The van der Waals surface area contributed by atoms with Crippen molar-refractivity contribution in [2.24, 2.45) is 0 Å². The number of carboxylic acid groups (broad SMARTS) is 2. The van der Waals surface area contributed by atoms with E-state index in [1.54, 1.807) is 0 Å². The van der Waals surface area contributed by atoms with Gasteiger partial charge in [0.2, 0.25) is 0 Å². The Balaban J connectivity index is 2.09. The van der Waals surface area contributed by atoms with Crippen molar-refractivity contribution in [2.45, 2.75) is 0 Å². The number of carboxylic acids is 2. The molecule has 0 bridgehead atoms. The Morgan fingerprint density at radius 3 is 1.26 bits per heavy atom. The maximum Gasteiger partial charge on any atom is 0.500 e. The Bertz CT molecular complexity index is 757. The molecular weight excluding hydrogens is 328 g/mol. The number of hydrogen-bond donors (Lipinski definition) is 2. The molecule has 0 aliphatic rings. The molecule has 0 aliphatic carbocycles. The number of rotatable bonds is 6. The van der Waals surface area contributed by atoms with Crippen LogP contribution in [0.4, 0.5) is 0 Å². The third kappa shape index (κ3) is 4.45. The van der Waals surface area contributed by atoms with Crippen LogP contribution in [-0.4, -0.2) is 30.6 Å². The number of aromatic carboxylic acids is 2. The van der Waals surface area contributed by atoms with Gasteiger partial charge in [0.25, 0.3) is 0 Å². The monoisotopic (exact) mass is 338 g/mol. The lowest BCUT2D eigenvalue weighted by Gasteiger charge is -2.08. The SMILES string of the molecule is O=C(O)c1ccc(OS(=O)(=O)Oc2ccc(C(=O)O)cc2)cc1. The van der Waals surface area contributed by atoms with Crippen LogP contribution in [0.5, 0.6) is 11.5 Å². The van der Waals surface area contributed by atoms with E-state index < -0.39 is 22.3 Å². The average Bonchev–Trinajstić information content (AvgIpc) is 2.47. The van der Waals surface area contributed by atoms with Crippen molar-refractivity contribution in [3.63, 3.8) is 0 Å². The van der Waals surface area contributed by atoms with Gasteiger partial charge in [-0.15, -0.1) is 8.42 Å². The van der Waals surface area contributed by atoms with E-state index in [4.69, 9.17) is 10.2 Å². The summed E-state index contributed by atoms with van der Waals surface area (Å²) in [7, 11) is -4.45. The molecule has 2 aromatic rings. The Labute approximate surface area is 130 Å². The molecular formula is C14H10O8S. The zero-order valence-corrected chi connectivity index (χ0v) is 12.2. The molecule has 0 unspecified atom stereocenters. The molecule has 120 valence electrons. The van der Waals surface area contributed by atoms with Crippen molar-refractivity contribution >= 4 is 22.3 Å². The van der Waals surface area contributed by atoms with Crippen LogP contribution in [0, 0.1) is 0 Å². The predicted octanol–water partition coefficient (Wildman–Crippen LogP) is 1.79. The van der Waals surface area contributed by atoms with Crippen LogP contribution in [0.3, 0.4) is 0 Å². The summed E-state index contributed by atoms with van der Waals surface area (Å²) in [6.45, 7) is 0. The first-order valence-electron chi connectivity index (χ1n) is 6.07. The third-order valence-corrected chi connectivity index (χ3v) is 3.39. The van der Waals surface area contributed by atoms with Gasteiger partial charge in [-0.25, -0.2) is 9.59 Å². The second kappa shape index (κ2) is 6.36. The van der Waals surface area contributed by atoms with Crippen LogP contribution in [0.25, 0.3) is 0 Å². The molecule has 0 heterocycles. The summed E-state index contributed by atoms with van der Waals surface area (Å²) < 4.78 is 32.8. The minimum absolute atomic E-state index is 0.0278. The first kappa shape index (κ1) is 16.3. The summed E-state index contributed by atoms with van der Waals surface area (Å²) in [5, 5.41) is 17.5. The van der Waals surface area contributed by atoms with Gasteiger partial charge in [-0.1, -0.05) is 0 Å². The lowest BCUT2D eigenvalue weighted by molar-refractivity contribution is 0.0686. The molecule has 9 heteroatoms. The highest BCUT2D eigenvalue weighted by atomic mass is 32.3. The first-order chi connectivity index (χ1) is 10.8. The third-order valence-electron chi connectivity index (χ3n) is 2.60. The molecule has 8 nitrogen and oxygen atoms in total. The molecule has 2 rings (SSSR count). The second-order valence-corrected chi connectivity index (χ2v) is 5.38. The number of hydrogen-bond acceptors (Lipinski definition) is 6. The summed E-state index contributed by atoms with van der Waals surface area (Å²) in [5.41, 5.74) is -0.0557. The summed E-state index contributed by atoms with van der Waals surface area (Å²) in [6, 6.07) is 9.36. The first-order valence-corrected chi connectivity index (χ1v) is 7.41. The van der Waals surface area contributed by atoms with Crippen molar-refractivity contribution in [3.05, 3.63) is 59.7 Å². The fourth-order valence-electron chi connectivity index (χ4n) is 1.56. The lowest BCUT2D eigenvalue weighted by Crippen LogP contribution is -2.16. The van der Waals surface area contributed by atoms with Crippen molar-refractivity contribution in [1.82, 2.24) is 0 Å². The van der Waals surface area contributed by atoms with Gasteiger partial charge in [0, 0.05) is 0 Å². The van der Waals surface area contributed by atoms with E-state index in [0.717, 1.165) is 24.3 Å². The van der Waals surface area contributed by atoms with E-state index in [0.29, 0.717) is 0 Å². The molecule has 0 saturated heterocycles. The van der Waals surface area contributed by atoms with Crippen molar-refractivity contribution in [1.29, 1.82) is 0 Å². The largest absolute Gasteiger partial charge is 0.500 e. The molecule has 2 N–H and O–H groups in total. The fourth-order valence-corrected chi connectivity index (χ4v) is 2.29. The van der Waals surface area contributed by atoms with Crippen molar-refractivity contribution < 1.29 is 36.6 Å². The Hall–Kier alpha value is -3.07. The van der Waals surface area contributed by atoms with Crippen molar-refractivity contribution in [2.75, 3.05) is 0 Å². The highest BCUT2D eigenvalue weighted by Gasteiger charge is 2.16. The van der Waals surface area contributed by atoms with Gasteiger partial charge in [-0.05, 0) is 48.5 Å². The van der Waals surface area contributed by atoms with E-state index in [2.05, 4.69) is 8.37 Å². The van der Waals surface area contributed by atoms with Gasteiger partial charge >= 0.3 is 22.3 Å². The molecule has 0 aromatic heterocycles. The van der Waals surface area contributed by atoms with Crippen LogP contribution >= 0.6 is 0 Å². The fraction of sp³-hybridized carbons (Fsp3) is 0. The Morgan fingerprint density at radius 1 is 0.696 bits per heavy atom. The second-order valence-electron chi connectivity index (χ2n) is 4.23. The highest BCUT2D eigenvalue weighted by Crippen LogP contribution is 2.19. The van der Waals surface area contributed by atoms with E-state index in [-0.39, 0.29) is 22.6 Å². The van der Waals surface area contributed by atoms with Gasteiger partial charge in [0.05, 0.1) is 11.1 Å². The number of carbonyl (C=O) groups is 2. The van der Waals surface area contributed by atoms with Crippen LogP contribution in [0.1, 0.15) is 20.7 Å². The molecule has 23 heavy (non-hydrogen) atoms. The lowest BCUT2D eigenvalue weighted by atomic mass is 10.2. The van der Waals surface area contributed by atoms with Crippen molar-refractivity contribution in [3.8, 4) is 11.5 Å². The summed E-state index contributed by atoms with van der Waals surface area (Å²) >= 11 is 0. The van der Waals surface area contributed by atoms with Gasteiger partial charge < -0.3 is 18.6 Å². The maximum absolute atomic E-state index is 11.7. The Morgan fingerprint density at radius 2 is 1.00 bits per heavy atom. The smallest absolute Gasteiger partial charge is 0.478 e. The van der Waals surface area contributed by atoms with Crippen LogP contribution < -0.4 is 8.37 Å². The minimum Gasteiger partial charge on any atom is -0.478 e. The molecule has 0 radical (unpaired) electrons. The average molecular weight is 338 g/mol. The van der Waals surface area contributed by atoms with Crippen LogP contribution in [0.2, 0.25) is 0 Å². The summed E-state index contributed by atoms with van der Waals surface area (Å²) in [4.78, 5) is 21.4. The number of benzene rings is 2. The predicted molar refractivity (Wildman–Crippen MR) is 77.0 cm³/mol. The normalized spacial score (nSPS) is 10.8. The van der Waals surface area contributed by atoms with E-state index >= 15 is 0 Å². The van der Waals surface area contributed by atoms with Gasteiger partial charge in [-0.3, -0.25) is 0 Å². The van der Waals surface area contributed by atoms with Gasteiger partial charge in [0.15, 0.2) is 0 Å². The molecule has 0 amide bonds. The van der Waals surface area contributed by atoms with Gasteiger partial charge in [-0.2, -0.15) is 0 Å². The van der Waals surface area contributed by atoms with Crippen LogP contribution in [0.15, 0.2) is 48.5 Å². The van der Waals surface area contributed by atoms with Gasteiger partial charge in [0.1, 0.15) is 11.5 Å². The maximum atomic E-state index is 11.7. The zero-order valence-electron chi connectivity index (χ0n) is 11.4. The summed E-state index contributed by atoms with van der Waals surface area (Å²) in [5.74, 6) is -2.57. The molecule has 0 fully saturated rings. The minimum atomic E-state index is -4.45. The van der Waals surface area contributed by atoms with E-state index in [1.807, 2.05) is 0 Å². The molecule has 2 aromatic carbocycles. The Kier molecular flexibility index (Phi) is 4.51. The van der Waals surface area contributed by atoms with Crippen LogP contribution in [-0.2, 0) is 10.4 Å². The quantitative estimate of drug-likeness (QED) is 0.816. The molecule has 0 atom stereocenters. The highest BCUT2D eigenvalue weighted by molar-refractivity contribution is 7.82. The standard InChI is InChI=1S/C14H10O8S/c15-13(16)9-1-5-11(6-2-9)21-23(19,20)22-12-7-3-10(4-8-12)14(17)18/h1-8H,(H,15,16)(H,17,18). The zero-order chi connectivity index (χ0) is 17.0. The molecule has 0 aliphatic heterocycles. The van der Waals surface area contributed by atoms with E-state index in [9.17, 15) is 18.0 Å². The molecule has 0 spiro atoms. The molecule has 0 saturated carbocycles. The summed E-state index contributed by atoms with van der Waals surface area (Å²) in [6.07, 6.45) is 0. The van der Waals surface area contributed by atoms with E-state index in [1.165, 1.54) is 24.3 Å². The topological polar surface area (TPSA) is 127 Å².